The lowest BCUT2D eigenvalue weighted by atomic mass is 9.55. The first-order valence-electron chi connectivity index (χ1n) is 9.86. The summed E-state index contributed by atoms with van der Waals surface area (Å²) in [4.78, 5) is 9.64. The first-order chi connectivity index (χ1) is 11.5. The van der Waals surface area contributed by atoms with E-state index in [9.17, 15) is 0 Å². The van der Waals surface area contributed by atoms with Gasteiger partial charge in [-0.15, -0.1) is 0 Å². The van der Waals surface area contributed by atoms with E-state index in [-0.39, 0.29) is 5.41 Å². The van der Waals surface area contributed by atoms with Crippen molar-refractivity contribution in [3.05, 3.63) is 0 Å². The molecule has 1 aliphatic carbocycles. The molecule has 3 aliphatic rings. The van der Waals surface area contributed by atoms with Gasteiger partial charge in [-0.1, -0.05) is 27.7 Å². The Bertz CT molecular complexity index is 460. The van der Waals surface area contributed by atoms with Gasteiger partial charge >= 0.3 is 0 Å². The summed E-state index contributed by atoms with van der Waals surface area (Å²) in [5.41, 5.74) is 0.193. The fourth-order valence-corrected chi connectivity index (χ4v) is 5.22. The molecule has 0 bridgehead atoms. The number of hydrogen-bond acceptors (Lipinski definition) is 3. The molecular formula is C19H36N4O. The van der Waals surface area contributed by atoms with Crippen LogP contribution in [-0.2, 0) is 4.74 Å². The Hall–Kier alpha value is -0.810. The third-order valence-electron chi connectivity index (χ3n) is 6.62. The molecule has 5 heteroatoms. The molecule has 4 unspecified atom stereocenters. The number of hydrogen-bond donors (Lipinski definition) is 1. The van der Waals surface area contributed by atoms with Crippen LogP contribution in [0.25, 0.3) is 0 Å². The predicted octanol–water partition coefficient (Wildman–Crippen LogP) is 2.18. The smallest absolute Gasteiger partial charge is 0.193 e. The molecule has 3 fully saturated rings. The largest absolute Gasteiger partial charge is 0.377 e. The van der Waals surface area contributed by atoms with Crippen LogP contribution >= 0.6 is 0 Å². The second kappa shape index (κ2) is 7.20. The van der Waals surface area contributed by atoms with E-state index in [0.717, 1.165) is 38.7 Å². The van der Waals surface area contributed by atoms with Crippen molar-refractivity contribution in [2.75, 3.05) is 39.8 Å². The lowest BCUT2D eigenvalue weighted by molar-refractivity contribution is -0.188. The van der Waals surface area contributed by atoms with Crippen LogP contribution in [0, 0.1) is 11.3 Å². The van der Waals surface area contributed by atoms with Gasteiger partial charge in [0, 0.05) is 50.2 Å². The van der Waals surface area contributed by atoms with Crippen molar-refractivity contribution in [2.24, 2.45) is 16.3 Å². The van der Waals surface area contributed by atoms with Crippen LogP contribution in [-0.4, -0.2) is 73.8 Å². The molecule has 0 aromatic heterocycles. The normalized spacial score (nSPS) is 35.8. The van der Waals surface area contributed by atoms with E-state index in [1.165, 1.54) is 19.3 Å². The van der Waals surface area contributed by atoms with Gasteiger partial charge in [-0.3, -0.25) is 9.89 Å². The highest BCUT2D eigenvalue weighted by Crippen LogP contribution is 2.51. The average Bonchev–Trinajstić information content (AvgIpc) is 3.06. The molecular weight excluding hydrogens is 300 g/mol. The molecule has 0 aromatic rings. The highest BCUT2D eigenvalue weighted by molar-refractivity contribution is 5.81. The van der Waals surface area contributed by atoms with Crippen molar-refractivity contribution in [1.82, 2.24) is 15.1 Å². The van der Waals surface area contributed by atoms with Gasteiger partial charge in [0.05, 0.1) is 6.10 Å². The van der Waals surface area contributed by atoms with E-state index in [1.807, 2.05) is 7.05 Å². The third kappa shape index (κ3) is 3.05. The number of aliphatic imine (C=N–C) groups is 1. The number of ether oxygens (including phenoxy) is 1. The minimum atomic E-state index is 0.193. The van der Waals surface area contributed by atoms with Crippen molar-refractivity contribution in [2.45, 2.75) is 65.1 Å². The molecule has 4 atom stereocenters. The highest BCUT2D eigenvalue weighted by Gasteiger charge is 2.58. The van der Waals surface area contributed by atoms with E-state index in [0.29, 0.717) is 24.1 Å². The van der Waals surface area contributed by atoms with Crippen molar-refractivity contribution in [3.8, 4) is 0 Å². The fourth-order valence-electron chi connectivity index (χ4n) is 5.22. The molecule has 1 saturated carbocycles. The quantitative estimate of drug-likeness (QED) is 0.631. The zero-order valence-corrected chi connectivity index (χ0v) is 16.2. The van der Waals surface area contributed by atoms with Gasteiger partial charge in [0.25, 0.3) is 0 Å². The summed E-state index contributed by atoms with van der Waals surface area (Å²) in [7, 11) is 1.92. The first-order valence-corrected chi connectivity index (χ1v) is 9.86. The molecule has 2 saturated heterocycles. The maximum Gasteiger partial charge on any atom is 0.193 e. The van der Waals surface area contributed by atoms with Crippen molar-refractivity contribution < 1.29 is 4.74 Å². The minimum Gasteiger partial charge on any atom is -0.377 e. The molecule has 0 amide bonds. The fraction of sp³-hybridized carbons (Fsp3) is 0.947. The molecule has 2 aliphatic heterocycles. The highest BCUT2D eigenvalue weighted by atomic mass is 16.5. The monoisotopic (exact) mass is 336 g/mol. The van der Waals surface area contributed by atoms with Gasteiger partial charge in [-0.25, -0.2) is 0 Å². The minimum absolute atomic E-state index is 0.193. The molecule has 24 heavy (non-hydrogen) atoms. The lowest BCUT2D eigenvalue weighted by Gasteiger charge is -2.60. The van der Waals surface area contributed by atoms with Crippen LogP contribution in [0.4, 0.5) is 0 Å². The SMILES string of the molecule is CCN(CC)C1CCN(C(=NC)NC2C3CCCOC3C2(C)C)C1. The van der Waals surface area contributed by atoms with Crippen LogP contribution in [0.3, 0.4) is 0 Å². The Morgan fingerprint density at radius 1 is 1.29 bits per heavy atom. The number of likely N-dealkylation sites (N-methyl/N-ethyl adjacent to an activating group) is 1. The summed E-state index contributed by atoms with van der Waals surface area (Å²) in [6.07, 6.45) is 4.14. The van der Waals surface area contributed by atoms with E-state index in [4.69, 9.17) is 4.74 Å². The Balaban J connectivity index is 1.62. The van der Waals surface area contributed by atoms with E-state index in [1.54, 1.807) is 0 Å². The second-order valence-corrected chi connectivity index (χ2v) is 8.20. The number of nitrogens with one attached hydrogen (secondary N) is 1. The maximum atomic E-state index is 6.04. The number of rotatable bonds is 4. The number of nitrogens with zero attached hydrogens (tertiary/aromatic N) is 3. The van der Waals surface area contributed by atoms with Crippen molar-refractivity contribution >= 4 is 5.96 Å². The van der Waals surface area contributed by atoms with Gasteiger partial charge in [-0.05, 0) is 32.4 Å². The van der Waals surface area contributed by atoms with Crippen LogP contribution in [0.2, 0.25) is 0 Å². The van der Waals surface area contributed by atoms with Gasteiger partial charge in [0.15, 0.2) is 5.96 Å². The summed E-state index contributed by atoms with van der Waals surface area (Å²) in [6.45, 7) is 14.6. The summed E-state index contributed by atoms with van der Waals surface area (Å²) in [6, 6.07) is 1.15. The number of fused-ring (bicyclic) bond motifs is 1. The van der Waals surface area contributed by atoms with Crippen LogP contribution < -0.4 is 5.32 Å². The average molecular weight is 337 g/mol. The zero-order chi connectivity index (χ0) is 17.3. The molecule has 0 spiro atoms. The molecule has 1 N–H and O–H groups in total. The third-order valence-corrected chi connectivity index (χ3v) is 6.62. The summed E-state index contributed by atoms with van der Waals surface area (Å²) >= 11 is 0. The van der Waals surface area contributed by atoms with Crippen LogP contribution in [0.15, 0.2) is 4.99 Å². The first kappa shape index (κ1) is 18.0. The molecule has 3 rings (SSSR count). The Kier molecular flexibility index (Phi) is 5.40. The lowest BCUT2D eigenvalue weighted by Crippen LogP contribution is -2.71. The predicted molar refractivity (Wildman–Crippen MR) is 99.4 cm³/mol. The second-order valence-electron chi connectivity index (χ2n) is 8.20. The summed E-state index contributed by atoms with van der Waals surface area (Å²) in [5.74, 6) is 1.73. The standard InChI is InChI=1S/C19H36N4O/c1-6-22(7-2)14-10-11-23(13-14)18(20-5)21-16-15-9-8-12-24-17(15)19(16,3)4/h14-17H,6-13H2,1-5H3,(H,20,21). The van der Waals surface area contributed by atoms with E-state index < -0.39 is 0 Å². The summed E-state index contributed by atoms with van der Waals surface area (Å²) < 4.78 is 6.04. The van der Waals surface area contributed by atoms with E-state index >= 15 is 0 Å². The molecule has 138 valence electrons. The van der Waals surface area contributed by atoms with Gasteiger partial charge in [0.1, 0.15) is 0 Å². The number of guanidine groups is 1. The van der Waals surface area contributed by atoms with Crippen molar-refractivity contribution in [3.63, 3.8) is 0 Å². The van der Waals surface area contributed by atoms with Gasteiger partial charge in [-0.2, -0.15) is 0 Å². The molecule has 2 heterocycles. The van der Waals surface area contributed by atoms with E-state index in [2.05, 4.69) is 47.8 Å². The topological polar surface area (TPSA) is 40.1 Å². The Morgan fingerprint density at radius 3 is 2.71 bits per heavy atom. The molecule has 0 radical (unpaired) electrons. The summed E-state index contributed by atoms with van der Waals surface area (Å²) in [5, 5.41) is 3.81. The zero-order valence-electron chi connectivity index (χ0n) is 16.2. The van der Waals surface area contributed by atoms with Gasteiger partial charge < -0.3 is 15.0 Å². The Morgan fingerprint density at radius 2 is 2.04 bits per heavy atom. The maximum absolute atomic E-state index is 6.04. The number of likely N-dealkylation sites (tertiary alicyclic amines) is 1. The Labute approximate surface area is 147 Å². The molecule has 5 nitrogen and oxygen atoms in total. The van der Waals surface area contributed by atoms with Crippen LogP contribution in [0.1, 0.15) is 47.0 Å². The van der Waals surface area contributed by atoms with Gasteiger partial charge in [0.2, 0.25) is 0 Å². The van der Waals surface area contributed by atoms with Crippen molar-refractivity contribution in [1.29, 1.82) is 0 Å². The molecule has 0 aromatic carbocycles. The van der Waals surface area contributed by atoms with Crippen LogP contribution in [0.5, 0.6) is 0 Å².